The van der Waals surface area contributed by atoms with Crippen LogP contribution in [-0.2, 0) is 0 Å². The zero-order valence-electron chi connectivity index (χ0n) is 14.3. The lowest BCUT2D eigenvalue weighted by molar-refractivity contribution is 0.129. The number of anilines is 1. The molecule has 2 fully saturated rings. The second kappa shape index (κ2) is 6.92. The third-order valence-electron chi connectivity index (χ3n) is 5.36. The molecule has 0 spiro atoms. The molecular weight excluding hydrogens is 274 g/mol. The van der Waals surface area contributed by atoms with Crippen molar-refractivity contribution in [3.05, 3.63) is 17.3 Å². The standard InChI is InChI=1S/C17H29N5/c1-14-12-18-19-17(15(14)2)22-6-4-16(5-7-22)13-21-10-8-20(3)9-11-21/h12,16H,4-11,13H2,1-3H3. The van der Waals surface area contributed by atoms with E-state index in [0.29, 0.717) is 0 Å². The van der Waals surface area contributed by atoms with Gasteiger partial charge < -0.3 is 14.7 Å². The lowest BCUT2D eigenvalue weighted by atomic mass is 9.95. The van der Waals surface area contributed by atoms with E-state index in [-0.39, 0.29) is 0 Å². The van der Waals surface area contributed by atoms with Gasteiger partial charge in [0.1, 0.15) is 0 Å². The molecule has 2 aliphatic heterocycles. The summed E-state index contributed by atoms with van der Waals surface area (Å²) in [6.07, 6.45) is 4.42. The van der Waals surface area contributed by atoms with Crippen LogP contribution in [0.15, 0.2) is 6.20 Å². The predicted molar refractivity (Wildman–Crippen MR) is 90.4 cm³/mol. The van der Waals surface area contributed by atoms with Crippen LogP contribution in [0.4, 0.5) is 5.82 Å². The molecule has 0 N–H and O–H groups in total. The summed E-state index contributed by atoms with van der Waals surface area (Å²) in [5.74, 6) is 1.94. The lowest BCUT2D eigenvalue weighted by Gasteiger charge is -2.38. The van der Waals surface area contributed by atoms with Crippen molar-refractivity contribution in [2.45, 2.75) is 26.7 Å². The Morgan fingerprint density at radius 2 is 1.73 bits per heavy atom. The number of rotatable bonds is 3. The average molecular weight is 303 g/mol. The van der Waals surface area contributed by atoms with Gasteiger partial charge in [-0.25, -0.2) is 0 Å². The SMILES string of the molecule is Cc1cnnc(N2CCC(CN3CCN(C)CC3)CC2)c1C. The first-order valence-corrected chi connectivity index (χ1v) is 8.58. The maximum Gasteiger partial charge on any atom is 0.154 e. The normalized spacial score (nSPS) is 22.2. The molecule has 0 aliphatic carbocycles. The maximum atomic E-state index is 4.37. The van der Waals surface area contributed by atoms with Crippen molar-refractivity contribution in [3.63, 3.8) is 0 Å². The smallest absolute Gasteiger partial charge is 0.154 e. The molecule has 0 unspecified atom stereocenters. The summed E-state index contributed by atoms with van der Waals surface area (Å²) in [5.41, 5.74) is 2.53. The fraction of sp³-hybridized carbons (Fsp3) is 0.765. The van der Waals surface area contributed by atoms with Crippen molar-refractivity contribution < 1.29 is 0 Å². The number of piperidine rings is 1. The molecule has 3 heterocycles. The van der Waals surface area contributed by atoms with Gasteiger partial charge in [0.15, 0.2) is 5.82 Å². The van der Waals surface area contributed by atoms with Gasteiger partial charge in [-0.15, -0.1) is 5.10 Å². The summed E-state index contributed by atoms with van der Waals surface area (Å²) < 4.78 is 0. The van der Waals surface area contributed by atoms with Crippen LogP contribution >= 0.6 is 0 Å². The molecule has 22 heavy (non-hydrogen) atoms. The molecule has 0 atom stereocenters. The first-order valence-electron chi connectivity index (χ1n) is 8.58. The Morgan fingerprint density at radius 1 is 1.05 bits per heavy atom. The monoisotopic (exact) mass is 303 g/mol. The minimum Gasteiger partial charge on any atom is -0.355 e. The molecule has 5 nitrogen and oxygen atoms in total. The number of nitrogens with zero attached hydrogens (tertiary/aromatic N) is 5. The van der Waals surface area contributed by atoms with E-state index in [9.17, 15) is 0 Å². The van der Waals surface area contributed by atoms with Crippen LogP contribution < -0.4 is 4.90 Å². The van der Waals surface area contributed by atoms with Gasteiger partial charge in [0.05, 0.1) is 6.20 Å². The van der Waals surface area contributed by atoms with Gasteiger partial charge in [-0.05, 0) is 50.8 Å². The third kappa shape index (κ3) is 3.58. The number of aromatic nitrogens is 2. The number of likely N-dealkylation sites (N-methyl/N-ethyl adjacent to an activating group) is 1. The Bertz CT molecular complexity index is 488. The second-order valence-electron chi connectivity index (χ2n) is 7.01. The molecule has 0 bridgehead atoms. The van der Waals surface area contributed by atoms with Gasteiger partial charge in [-0.2, -0.15) is 5.10 Å². The number of hydrogen-bond acceptors (Lipinski definition) is 5. The van der Waals surface area contributed by atoms with Crippen LogP contribution in [0, 0.1) is 19.8 Å². The Morgan fingerprint density at radius 3 is 2.41 bits per heavy atom. The summed E-state index contributed by atoms with van der Waals surface area (Å²) >= 11 is 0. The van der Waals surface area contributed by atoms with Crippen molar-refractivity contribution in [1.82, 2.24) is 20.0 Å². The molecular formula is C17H29N5. The summed E-state index contributed by atoms with van der Waals surface area (Å²) in [7, 11) is 2.22. The fourth-order valence-corrected chi connectivity index (χ4v) is 3.54. The van der Waals surface area contributed by atoms with E-state index >= 15 is 0 Å². The zero-order chi connectivity index (χ0) is 15.5. The minimum absolute atomic E-state index is 0.845. The molecule has 2 aliphatic rings. The van der Waals surface area contributed by atoms with Gasteiger partial charge in [0.2, 0.25) is 0 Å². The van der Waals surface area contributed by atoms with Crippen LogP contribution in [0.5, 0.6) is 0 Å². The van der Waals surface area contributed by atoms with Crippen molar-refractivity contribution in [2.75, 3.05) is 57.8 Å². The van der Waals surface area contributed by atoms with Crippen LogP contribution in [0.3, 0.4) is 0 Å². The number of piperazine rings is 1. The van der Waals surface area contributed by atoms with Crippen LogP contribution in [0.25, 0.3) is 0 Å². The molecule has 3 rings (SSSR count). The Balaban J connectivity index is 1.51. The van der Waals surface area contributed by atoms with Gasteiger partial charge in [-0.1, -0.05) is 0 Å². The first kappa shape index (κ1) is 15.7. The van der Waals surface area contributed by atoms with E-state index in [1.807, 2.05) is 6.20 Å². The highest BCUT2D eigenvalue weighted by Gasteiger charge is 2.24. The molecule has 122 valence electrons. The predicted octanol–water partition coefficient (Wildman–Crippen LogP) is 1.56. The molecule has 1 aromatic heterocycles. The van der Waals surface area contributed by atoms with Crippen LogP contribution in [-0.4, -0.2) is 72.9 Å². The highest BCUT2D eigenvalue weighted by molar-refractivity contribution is 5.48. The van der Waals surface area contributed by atoms with E-state index in [1.54, 1.807) is 0 Å². The largest absolute Gasteiger partial charge is 0.355 e. The fourth-order valence-electron chi connectivity index (χ4n) is 3.54. The Labute approximate surface area is 134 Å². The maximum absolute atomic E-state index is 4.37. The summed E-state index contributed by atoms with van der Waals surface area (Å²) in [5, 5.41) is 8.51. The number of hydrogen-bond donors (Lipinski definition) is 0. The topological polar surface area (TPSA) is 35.5 Å². The average Bonchev–Trinajstić information content (AvgIpc) is 2.53. The van der Waals surface area contributed by atoms with Crippen LogP contribution in [0.1, 0.15) is 24.0 Å². The summed E-state index contributed by atoms with van der Waals surface area (Å²) in [4.78, 5) is 7.51. The second-order valence-corrected chi connectivity index (χ2v) is 7.01. The van der Waals surface area contributed by atoms with E-state index < -0.39 is 0 Å². The van der Waals surface area contributed by atoms with E-state index in [1.165, 1.54) is 56.7 Å². The van der Waals surface area contributed by atoms with Gasteiger partial charge in [0, 0.05) is 45.8 Å². The Hall–Kier alpha value is -1.20. The van der Waals surface area contributed by atoms with Crippen molar-refractivity contribution in [2.24, 2.45) is 5.92 Å². The van der Waals surface area contributed by atoms with Gasteiger partial charge in [0.25, 0.3) is 0 Å². The molecule has 0 aromatic carbocycles. The van der Waals surface area contributed by atoms with Gasteiger partial charge >= 0.3 is 0 Å². The lowest BCUT2D eigenvalue weighted by Crippen LogP contribution is -2.47. The van der Waals surface area contributed by atoms with Crippen molar-refractivity contribution >= 4 is 5.82 Å². The summed E-state index contributed by atoms with van der Waals surface area (Å²) in [6, 6.07) is 0. The minimum atomic E-state index is 0.845. The van der Waals surface area contributed by atoms with Crippen LogP contribution in [0.2, 0.25) is 0 Å². The van der Waals surface area contributed by atoms with Gasteiger partial charge in [-0.3, -0.25) is 0 Å². The molecule has 0 amide bonds. The molecule has 0 saturated carbocycles. The highest BCUT2D eigenvalue weighted by Crippen LogP contribution is 2.25. The first-order chi connectivity index (χ1) is 10.6. The van der Waals surface area contributed by atoms with Crippen molar-refractivity contribution in [3.8, 4) is 0 Å². The number of aryl methyl sites for hydroxylation is 1. The highest BCUT2D eigenvalue weighted by atomic mass is 15.3. The molecule has 5 heteroatoms. The zero-order valence-corrected chi connectivity index (χ0v) is 14.3. The van der Waals surface area contributed by atoms with E-state index in [4.69, 9.17) is 0 Å². The quantitative estimate of drug-likeness (QED) is 0.847. The Kier molecular flexibility index (Phi) is 4.93. The third-order valence-corrected chi connectivity index (χ3v) is 5.36. The summed E-state index contributed by atoms with van der Waals surface area (Å²) in [6.45, 7) is 12.7. The molecule has 0 radical (unpaired) electrons. The molecule has 1 aromatic rings. The van der Waals surface area contributed by atoms with E-state index in [0.717, 1.165) is 24.8 Å². The molecule has 2 saturated heterocycles. The van der Waals surface area contributed by atoms with E-state index in [2.05, 4.69) is 45.8 Å². The van der Waals surface area contributed by atoms with Crippen molar-refractivity contribution in [1.29, 1.82) is 0 Å².